The number of amides is 1. The predicted octanol–water partition coefficient (Wildman–Crippen LogP) is 2.68. The number of hydrogen-bond acceptors (Lipinski definition) is 12. The lowest BCUT2D eigenvalue weighted by molar-refractivity contribution is -0.180. The first kappa shape index (κ1) is 36.1. The molecule has 6 rings (SSSR count). The normalized spacial score (nSPS) is 35.7. The van der Waals surface area contributed by atoms with E-state index in [0.717, 1.165) is 5.57 Å². The van der Waals surface area contributed by atoms with Crippen LogP contribution in [-0.2, 0) is 44.6 Å². The maximum atomic E-state index is 13.6. The molecule has 1 saturated heterocycles. The molecule has 1 amide bonds. The van der Waals surface area contributed by atoms with Gasteiger partial charge in [-0.15, -0.1) is 0 Å². The number of cyclic esters (lactones) is 1. The number of H-pyrrole nitrogens is 1. The van der Waals surface area contributed by atoms with E-state index >= 15 is 0 Å². The molecule has 14 nitrogen and oxygen atoms in total. The Balaban J connectivity index is 1.25. The van der Waals surface area contributed by atoms with Crippen molar-refractivity contribution in [1.82, 2.24) is 10.3 Å². The number of esters is 3. The van der Waals surface area contributed by atoms with Gasteiger partial charge in [-0.05, 0) is 55.7 Å². The van der Waals surface area contributed by atoms with Crippen LogP contribution in [0.3, 0.4) is 0 Å². The average Bonchev–Trinajstić information content (AvgIpc) is 3.71. The highest BCUT2D eigenvalue weighted by Crippen LogP contribution is 2.61. The van der Waals surface area contributed by atoms with E-state index in [4.69, 9.17) is 23.7 Å². The van der Waals surface area contributed by atoms with Gasteiger partial charge >= 0.3 is 23.8 Å². The lowest BCUT2D eigenvalue weighted by Crippen LogP contribution is -2.57. The Bertz CT molecular complexity index is 1720. The number of nitrogens with one attached hydrogen (secondary N) is 2. The van der Waals surface area contributed by atoms with Gasteiger partial charge in [0.25, 0.3) is 0 Å². The smallest absolute Gasteiger partial charge is 0.397 e. The minimum atomic E-state index is -1.21. The molecule has 274 valence electrons. The Morgan fingerprint density at radius 1 is 1.14 bits per heavy atom. The first-order chi connectivity index (χ1) is 24.3. The fraction of sp³-hybridized carbons (Fsp3) is 0.514. The summed E-state index contributed by atoms with van der Waals surface area (Å²) in [5.74, 6) is -6.40. The monoisotopic (exact) mass is 708 g/mol. The molecule has 1 spiro atoms. The van der Waals surface area contributed by atoms with Gasteiger partial charge in [-0.3, -0.25) is 4.79 Å². The van der Waals surface area contributed by atoms with Crippen molar-refractivity contribution in [3.05, 3.63) is 71.6 Å². The Morgan fingerprint density at radius 3 is 2.59 bits per heavy atom. The van der Waals surface area contributed by atoms with E-state index in [2.05, 4.69) is 10.3 Å². The Morgan fingerprint density at radius 2 is 1.90 bits per heavy atom. The molecule has 2 aromatic rings. The van der Waals surface area contributed by atoms with Gasteiger partial charge in [0.1, 0.15) is 35.7 Å². The SMILES string of the molecule is CO[C@H]1C[C@H]2C=CC3C4[C@H](O)[C@@H](C)[C@@H](OC(=O)c5ccc[nH]5)[C@@H]3O[C@]42/C(C)=C/[C@@H](C)[C@@H]([C@@H](C)OC(=O)C(=O)NCc2ccc(O)c(O)c2)OC1=O. The molecule has 2 fully saturated rings. The fourth-order valence-electron chi connectivity index (χ4n) is 8.35. The summed E-state index contributed by atoms with van der Waals surface area (Å²) in [7, 11) is 1.39. The van der Waals surface area contributed by atoms with Gasteiger partial charge in [0.15, 0.2) is 17.6 Å². The van der Waals surface area contributed by atoms with Crippen LogP contribution in [0, 0.1) is 29.6 Å². The number of phenols is 2. The van der Waals surface area contributed by atoms with Gasteiger partial charge in [-0.1, -0.05) is 38.1 Å². The number of carbonyl (C=O) groups excluding carboxylic acids is 4. The number of methoxy groups -OCH3 is 1. The summed E-state index contributed by atoms with van der Waals surface area (Å²) in [4.78, 5) is 55.1. The Labute approximate surface area is 294 Å². The van der Waals surface area contributed by atoms with E-state index in [9.17, 15) is 34.5 Å². The van der Waals surface area contributed by atoms with Crippen molar-refractivity contribution in [1.29, 1.82) is 0 Å². The highest BCUT2D eigenvalue weighted by molar-refractivity contribution is 6.32. The summed E-state index contributed by atoms with van der Waals surface area (Å²) < 4.78 is 30.1. The molecule has 2 aliphatic carbocycles. The number of carbonyl (C=O) groups is 4. The number of benzene rings is 1. The first-order valence-corrected chi connectivity index (χ1v) is 17.1. The molecule has 12 atom stereocenters. The number of aliphatic hydroxyl groups is 1. The van der Waals surface area contributed by atoms with Gasteiger partial charge in [-0.2, -0.15) is 0 Å². The van der Waals surface area contributed by atoms with Crippen LogP contribution in [0.4, 0.5) is 0 Å². The third-order valence-electron chi connectivity index (χ3n) is 10.9. The molecule has 1 aromatic carbocycles. The molecule has 51 heavy (non-hydrogen) atoms. The van der Waals surface area contributed by atoms with Crippen molar-refractivity contribution in [2.45, 2.75) is 82.9 Å². The van der Waals surface area contributed by atoms with Crippen LogP contribution in [0.15, 0.2) is 60.3 Å². The van der Waals surface area contributed by atoms with Crippen molar-refractivity contribution in [2.75, 3.05) is 7.11 Å². The lowest BCUT2D eigenvalue weighted by Gasteiger charge is -2.48. The quantitative estimate of drug-likeness (QED) is 0.0927. The van der Waals surface area contributed by atoms with Crippen molar-refractivity contribution in [3.8, 4) is 11.5 Å². The summed E-state index contributed by atoms with van der Waals surface area (Å²) >= 11 is 0. The first-order valence-electron chi connectivity index (χ1n) is 17.1. The number of rotatable bonds is 7. The summed E-state index contributed by atoms with van der Waals surface area (Å²) in [5.41, 5.74) is 0.380. The van der Waals surface area contributed by atoms with Crippen molar-refractivity contribution >= 4 is 23.8 Å². The molecule has 14 heteroatoms. The van der Waals surface area contributed by atoms with Gasteiger partial charge < -0.3 is 49.3 Å². The highest BCUT2D eigenvalue weighted by atomic mass is 16.6. The van der Waals surface area contributed by atoms with E-state index in [0.29, 0.717) is 5.56 Å². The Kier molecular flexibility index (Phi) is 10.0. The van der Waals surface area contributed by atoms with Crippen LogP contribution in [-0.4, -0.2) is 93.5 Å². The third-order valence-corrected chi connectivity index (χ3v) is 10.9. The number of ether oxygens (including phenoxy) is 5. The van der Waals surface area contributed by atoms with Gasteiger partial charge in [-0.25, -0.2) is 14.4 Å². The number of aliphatic hydroxyl groups excluding tert-OH is 1. The van der Waals surface area contributed by atoms with E-state index in [1.165, 1.54) is 32.2 Å². The third kappa shape index (κ3) is 6.51. The number of aromatic nitrogens is 1. The van der Waals surface area contributed by atoms with Crippen LogP contribution in [0.1, 0.15) is 50.2 Å². The van der Waals surface area contributed by atoms with Crippen LogP contribution in [0.25, 0.3) is 0 Å². The van der Waals surface area contributed by atoms with Crippen molar-refractivity contribution in [3.63, 3.8) is 0 Å². The van der Waals surface area contributed by atoms with E-state index in [-0.39, 0.29) is 36.1 Å². The summed E-state index contributed by atoms with van der Waals surface area (Å²) in [6, 6.07) is 7.28. The second-order valence-corrected chi connectivity index (χ2v) is 14.0. The molecular weight excluding hydrogens is 664 g/mol. The number of hydrogen-bond donors (Lipinski definition) is 5. The largest absolute Gasteiger partial charge is 0.504 e. The fourth-order valence-corrected chi connectivity index (χ4v) is 8.35. The van der Waals surface area contributed by atoms with E-state index in [1.807, 2.05) is 32.1 Å². The molecule has 5 N–H and O–H groups in total. The molecule has 3 heterocycles. The number of aromatic amines is 1. The molecule has 1 aromatic heterocycles. The topological polar surface area (TPSA) is 203 Å². The van der Waals surface area contributed by atoms with Gasteiger partial charge in [0.05, 0.1) is 6.10 Å². The van der Waals surface area contributed by atoms with Crippen LogP contribution >= 0.6 is 0 Å². The van der Waals surface area contributed by atoms with E-state index in [1.54, 1.807) is 25.3 Å². The van der Waals surface area contributed by atoms with Crippen LogP contribution in [0.2, 0.25) is 0 Å². The molecular formula is C37H44N2O12. The zero-order valence-corrected chi connectivity index (χ0v) is 29.0. The minimum absolute atomic E-state index is 0.125. The molecule has 2 unspecified atom stereocenters. The van der Waals surface area contributed by atoms with Crippen LogP contribution < -0.4 is 5.32 Å². The van der Waals surface area contributed by atoms with Crippen LogP contribution in [0.5, 0.6) is 11.5 Å². The average molecular weight is 709 g/mol. The predicted molar refractivity (Wildman–Crippen MR) is 178 cm³/mol. The minimum Gasteiger partial charge on any atom is -0.504 e. The second kappa shape index (κ2) is 14.2. The lowest BCUT2D eigenvalue weighted by atomic mass is 9.57. The van der Waals surface area contributed by atoms with Gasteiger partial charge in [0.2, 0.25) is 0 Å². The van der Waals surface area contributed by atoms with Crippen molar-refractivity contribution < 1.29 is 58.2 Å². The summed E-state index contributed by atoms with van der Waals surface area (Å²) in [6.07, 6.45) is 2.16. The zero-order valence-electron chi connectivity index (χ0n) is 29.0. The molecule has 4 bridgehead atoms. The number of phenolic OH excluding ortho intramolecular Hbond substituents is 2. The van der Waals surface area contributed by atoms with Crippen molar-refractivity contribution in [2.24, 2.45) is 29.6 Å². The maximum absolute atomic E-state index is 13.6. The zero-order chi connectivity index (χ0) is 36.8. The molecule has 2 aliphatic heterocycles. The number of aromatic hydroxyl groups is 2. The molecule has 0 radical (unpaired) electrons. The highest BCUT2D eigenvalue weighted by Gasteiger charge is 2.69. The molecule has 1 saturated carbocycles. The standard InChI is InChI=1S/C37H44N2O12/c1-17-13-18(2)37-22(9-10-23-28(37)29(42)19(3)31(32(23)51-37)50-34(44)24-7-6-12-38-24)15-27(47-5)35(45)49-30(17)20(4)48-36(46)33(43)39-16-21-8-11-25(40)26(41)14-21/h6-14,17,19-20,22-23,27-32,38,40-42H,15-16H2,1-5H3,(H,39,43)/b18-13+/t17-,19-,20-,22-,23?,27+,28?,29-,30+,31-,32-,37+/m1/s1. The second-order valence-electron chi connectivity index (χ2n) is 14.0. The van der Waals surface area contributed by atoms with E-state index < -0.39 is 89.7 Å². The summed E-state index contributed by atoms with van der Waals surface area (Å²) in [6.45, 7) is 6.91. The Hall–Kier alpha value is -4.66. The van der Waals surface area contributed by atoms with Gasteiger partial charge in [0, 0.05) is 49.4 Å². The maximum Gasteiger partial charge on any atom is 0.397 e. The molecule has 4 aliphatic rings. The summed E-state index contributed by atoms with van der Waals surface area (Å²) in [5, 5.41) is 33.6.